The molecule has 1 aromatic heterocycles. The molecule has 1 amide bonds. The Labute approximate surface area is 170 Å². The number of carbonyl (C=O) groups is 1. The lowest BCUT2D eigenvalue weighted by atomic mass is 10.0. The summed E-state index contributed by atoms with van der Waals surface area (Å²) in [6, 6.07) is 1.86. The third-order valence-corrected chi connectivity index (χ3v) is 5.38. The number of carbonyl (C=O) groups excluding carboxylic acids is 1. The van der Waals surface area contributed by atoms with Gasteiger partial charge in [-0.15, -0.1) is 0 Å². The standard InChI is InChI=1S/C18H21ClN4O6/c1-3-21-15-13(9-12(23(27)28)10-14(15)19)16(24)22(17(21)25)11-5-7-20(8-6-11)18(26)29-4-2/h9-11H,3-8H2,1-2H3. The van der Waals surface area contributed by atoms with Crippen LogP contribution in [0.2, 0.25) is 5.02 Å². The molecule has 0 bridgehead atoms. The monoisotopic (exact) mass is 424 g/mol. The number of ether oxygens (including phenoxy) is 1. The molecule has 10 nitrogen and oxygen atoms in total. The molecule has 11 heteroatoms. The van der Waals surface area contributed by atoms with Gasteiger partial charge in [0.2, 0.25) is 0 Å². The Kier molecular flexibility index (Phi) is 5.92. The van der Waals surface area contributed by atoms with Gasteiger partial charge >= 0.3 is 11.8 Å². The molecule has 2 heterocycles. The van der Waals surface area contributed by atoms with E-state index in [0.717, 1.165) is 16.7 Å². The normalized spacial score (nSPS) is 14.9. The van der Waals surface area contributed by atoms with E-state index in [4.69, 9.17) is 16.3 Å². The number of nitrogens with zero attached hydrogens (tertiary/aromatic N) is 4. The number of halogens is 1. The van der Waals surface area contributed by atoms with Gasteiger partial charge in [-0.1, -0.05) is 11.6 Å². The third kappa shape index (κ3) is 3.71. The molecule has 0 unspecified atom stereocenters. The number of aryl methyl sites for hydroxylation is 1. The molecule has 0 N–H and O–H groups in total. The number of aromatic nitrogens is 2. The number of fused-ring (bicyclic) bond motifs is 1. The van der Waals surface area contributed by atoms with Crippen LogP contribution >= 0.6 is 11.6 Å². The van der Waals surface area contributed by atoms with E-state index < -0.39 is 28.3 Å². The van der Waals surface area contributed by atoms with Crippen molar-refractivity contribution in [2.45, 2.75) is 39.3 Å². The summed E-state index contributed by atoms with van der Waals surface area (Å²) in [5, 5.41) is 11.2. The van der Waals surface area contributed by atoms with E-state index in [-0.39, 0.29) is 34.8 Å². The molecule has 1 aliphatic heterocycles. The van der Waals surface area contributed by atoms with Crippen molar-refractivity contribution >= 4 is 34.3 Å². The van der Waals surface area contributed by atoms with Crippen molar-refractivity contribution in [3.05, 3.63) is 48.1 Å². The summed E-state index contributed by atoms with van der Waals surface area (Å²) in [4.78, 5) is 50.1. The van der Waals surface area contributed by atoms with Gasteiger partial charge < -0.3 is 9.64 Å². The summed E-state index contributed by atoms with van der Waals surface area (Å²) in [6.45, 7) is 4.65. The number of nitro groups is 1. The van der Waals surface area contributed by atoms with Gasteiger partial charge in [0.15, 0.2) is 0 Å². The van der Waals surface area contributed by atoms with Crippen LogP contribution in [-0.2, 0) is 11.3 Å². The first-order valence-corrected chi connectivity index (χ1v) is 9.72. The summed E-state index contributed by atoms with van der Waals surface area (Å²) >= 11 is 6.19. The number of benzene rings is 1. The number of piperidine rings is 1. The van der Waals surface area contributed by atoms with Gasteiger partial charge in [-0.2, -0.15) is 0 Å². The van der Waals surface area contributed by atoms with Crippen LogP contribution in [0.25, 0.3) is 10.9 Å². The number of hydrogen-bond donors (Lipinski definition) is 0. The molecule has 0 atom stereocenters. The summed E-state index contributed by atoms with van der Waals surface area (Å²) in [6.07, 6.45) is 0.364. The molecule has 0 saturated carbocycles. The maximum absolute atomic E-state index is 13.1. The maximum atomic E-state index is 13.1. The fourth-order valence-electron chi connectivity index (χ4n) is 3.71. The van der Waals surface area contributed by atoms with E-state index in [9.17, 15) is 24.5 Å². The second-order valence-electron chi connectivity index (χ2n) is 6.70. The van der Waals surface area contributed by atoms with Crippen LogP contribution in [0.3, 0.4) is 0 Å². The van der Waals surface area contributed by atoms with Crippen LogP contribution < -0.4 is 11.2 Å². The third-order valence-electron chi connectivity index (χ3n) is 5.09. The Morgan fingerprint density at radius 1 is 1.28 bits per heavy atom. The number of hydrogen-bond acceptors (Lipinski definition) is 6. The first-order valence-electron chi connectivity index (χ1n) is 9.34. The first-order chi connectivity index (χ1) is 13.8. The van der Waals surface area contributed by atoms with Crippen molar-refractivity contribution in [2.75, 3.05) is 19.7 Å². The fraction of sp³-hybridized carbons (Fsp3) is 0.500. The highest BCUT2D eigenvalue weighted by molar-refractivity contribution is 6.35. The highest BCUT2D eigenvalue weighted by Gasteiger charge is 2.28. The van der Waals surface area contributed by atoms with Crippen LogP contribution in [0, 0.1) is 10.1 Å². The Morgan fingerprint density at radius 3 is 2.48 bits per heavy atom. The zero-order valence-corrected chi connectivity index (χ0v) is 16.8. The van der Waals surface area contributed by atoms with Crippen LogP contribution in [0.15, 0.2) is 21.7 Å². The van der Waals surface area contributed by atoms with Crippen LogP contribution in [0.4, 0.5) is 10.5 Å². The lowest BCUT2D eigenvalue weighted by molar-refractivity contribution is -0.384. The minimum Gasteiger partial charge on any atom is -0.450 e. The van der Waals surface area contributed by atoms with Crippen molar-refractivity contribution in [3.8, 4) is 0 Å². The molecule has 1 aliphatic rings. The van der Waals surface area contributed by atoms with Crippen molar-refractivity contribution in [2.24, 2.45) is 0 Å². The minimum atomic E-state index is -0.631. The number of nitro benzene ring substituents is 1. The van der Waals surface area contributed by atoms with Gasteiger partial charge in [-0.3, -0.25) is 24.0 Å². The van der Waals surface area contributed by atoms with E-state index in [1.165, 1.54) is 9.47 Å². The zero-order valence-electron chi connectivity index (χ0n) is 16.1. The van der Waals surface area contributed by atoms with Gasteiger partial charge in [0, 0.05) is 37.8 Å². The molecule has 29 heavy (non-hydrogen) atoms. The Hall–Kier alpha value is -2.88. The number of amides is 1. The molecule has 0 radical (unpaired) electrons. The van der Waals surface area contributed by atoms with Crippen LogP contribution in [0.5, 0.6) is 0 Å². The second kappa shape index (κ2) is 8.24. The largest absolute Gasteiger partial charge is 0.450 e. The minimum absolute atomic E-state index is 0.0190. The Bertz CT molecular complexity index is 1080. The molecule has 156 valence electrons. The highest BCUT2D eigenvalue weighted by Crippen LogP contribution is 2.28. The molecule has 1 aromatic carbocycles. The highest BCUT2D eigenvalue weighted by atomic mass is 35.5. The summed E-state index contributed by atoms with van der Waals surface area (Å²) in [7, 11) is 0. The number of rotatable bonds is 4. The van der Waals surface area contributed by atoms with E-state index in [1.54, 1.807) is 13.8 Å². The summed E-state index contributed by atoms with van der Waals surface area (Å²) < 4.78 is 7.47. The molecule has 0 aliphatic carbocycles. The molecule has 1 fully saturated rings. The van der Waals surface area contributed by atoms with Crippen molar-refractivity contribution in [1.82, 2.24) is 14.0 Å². The van der Waals surface area contributed by atoms with E-state index in [1.807, 2.05) is 0 Å². The molecule has 3 rings (SSSR count). The summed E-state index contributed by atoms with van der Waals surface area (Å²) in [5.74, 6) is 0. The lowest BCUT2D eigenvalue weighted by Gasteiger charge is -2.32. The topological polar surface area (TPSA) is 117 Å². The average molecular weight is 425 g/mol. The zero-order chi connectivity index (χ0) is 21.3. The average Bonchev–Trinajstić information content (AvgIpc) is 2.69. The predicted octanol–water partition coefficient (Wildman–Crippen LogP) is 2.54. The van der Waals surface area contributed by atoms with E-state index in [0.29, 0.717) is 25.9 Å². The summed E-state index contributed by atoms with van der Waals surface area (Å²) in [5.41, 5.74) is -1.26. The van der Waals surface area contributed by atoms with Crippen LogP contribution in [0.1, 0.15) is 32.7 Å². The molecule has 1 saturated heterocycles. The van der Waals surface area contributed by atoms with Crippen molar-refractivity contribution < 1.29 is 14.5 Å². The molecule has 2 aromatic rings. The smallest absolute Gasteiger partial charge is 0.409 e. The van der Waals surface area contributed by atoms with Gasteiger partial charge in [-0.05, 0) is 26.7 Å². The molecular weight excluding hydrogens is 404 g/mol. The lowest BCUT2D eigenvalue weighted by Crippen LogP contribution is -2.47. The van der Waals surface area contributed by atoms with Gasteiger partial charge in [0.1, 0.15) is 0 Å². The Morgan fingerprint density at radius 2 is 1.93 bits per heavy atom. The number of non-ortho nitro benzene ring substituents is 1. The fourth-order valence-corrected chi connectivity index (χ4v) is 4.02. The Balaban J connectivity index is 2.10. The van der Waals surface area contributed by atoms with E-state index in [2.05, 4.69) is 0 Å². The van der Waals surface area contributed by atoms with E-state index >= 15 is 0 Å². The quantitative estimate of drug-likeness (QED) is 0.550. The number of likely N-dealkylation sites (tertiary alicyclic amines) is 1. The molecular formula is C18H21ClN4O6. The SMILES string of the molecule is CCOC(=O)N1CCC(n2c(=O)c3cc([N+](=O)[O-])cc(Cl)c3n(CC)c2=O)CC1. The molecule has 0 spiro atoms. The van der Waals surface area contributed by atoms with Gasteiger partial charge in [0.05, 0.1) is 27.5 Å². The van der Waals surface area contributed by atoms with Gasteiger partial charge in [-0.25, -0.2) is 9.59 Å². The first kappa shape index (κ1) is 20.8. The van der Waals surface area contributed by atoms with Crippen molar-refractivity contribution in [3.63, 3.8) is 0 Å². The predicted molar refractivity (Wildman–Crippen MR) is 107 cm³/mol. The van der Waals surface area contributed by atoms with Crippen molar-refractivity contribution in [1.29, 1.82) is 0 Å². The van der Waals surface area contributed by atoms with Gasteiger partial charge in [0.25, 0.3) is 11.2 Å². The maximum Gasteiger partial charge on any atom is 0.409 e. The van der Waals surface area contributed by atoms with Crippen LogP contribution in [-0.4, -0.2) is 44.7 Å². The second-order valence-corrected chi connectivity index (χ2v) is 7.11.